The second-order valence-electron chi connectivity index (χ2n) is 6.50. The van der Waals surface area contributed by atoms with Crippen LogP contribution in [0.3, 0.4) is 0 Å². The molecular weight excluding hydrogens is 236 g/mol. The second kappa shape index (κ2) is 7.61. The molecule has 1 atom stereocenters. The molecule has 0 aromatic rings. The molecule has 0 aromatic carbocycles. The van der Waals surface area contributed by atoms with Gasteiger partial charge in [-0.05, 0) is 57.4 Å². The first-order valence-electron chi connectivity index (χ1n) is 8.26. The third-order valence-corrected chi connectivity index (χ3v) is 5.54. The molecule has 0 amide bonds. The van der Waals surface area contributed by atoms with E-state index in [9.17, 15) is 0 Å². The fourth-order valence-electron chi connectivity index (χ4n) is 4.02. The molecule has 1 saturated carbocycles. The third-order valence-electron chi connectivity index (χ3n) is 5.54. The minimum atomic E-state index is 0.562. The summed E-state index contributed by atoms with van der Waals surface area (Å²) in [5.41, 5.74) is 6.08. The summed E-state index contributed by atoms with van der Waals surface area (Å²) in [6.45, 7) is 4.99. The monoisotopic (exact) mass is 268 g/mol. The van der Waals surface area contributed by atoms with Crippen molar-refractivity contribution in [2.75, 3.05) is 26.8 Å². The maximum atomic E-state index is 6.08. The van der Waals surface area contributed by atoms with Crippen molar-refractivity contribution in [2.45, 2.75) is 64.0 Å². The van der Waals surface area contributed by atoms with Crippen molar-refractivity contribution in [3.63, 3.8) is 0 Å². The SMILES string of the molecule is CCC1CCC(N(C)C(CN)C2CCOCC2)CC1. The van der Waals surface area contributed by atoms with Crippen molar-refractivity contribution in [3.8, 4) is 0 Å². The highest BCUT2D eigenvalue weighted by molar-refractivity contribution is 4.86. The van der Waals surface area contributed by atoms with Crippen molar-refractivity contribution < 1.29 is 4.74 Å². The Morgan fingerprint density at radius 2 is 1.74 bits per heavy atom. The van der Waals surface area contributed by atoms with E-state index in [-0.39, 0.29) is 0 Å². The molecule has 3 nitrogen and oxygen atoms in total. The summed E-state index contributed by atoms with van der Waals surface area (Å²) < 4.78 is 5.49. The van der Waals surface area contributed by atoms with Gasteiger partial charge in [-0.2, -0.15) is 0 Å². The first kappa shape index (κ1) is 15.3. The van der Waals surface area contributed by atoms with Crippen LogP contribution in [0.2, 0.25) is 0 Å². The summed E-state index contributed by atoms with van der Waals surface area (Å²) in [6, 6.07) is 1.33. The molecule has 1 unspecified atom stereocenters. The van der Waals surface area contributed by atoms with E-state index in [0.717, 1.165) is 37.6 Å². The van der Waals surface area contributed by atoms with Gasteiger partial charge in [0.15, 0.2) is 0 Å². The molecule has 1 aliphatic heterocycles. The maximum absolute atomic E-state index is 6.08. The van der Waals surface area contributed by atoms with Crippen molar-refractivity contribution >= 4 is 0 Å². The van der Waals surface area contributed by atoms with Crippen LogP contribution in [-0.2, 0) is 4.74 Å². The smallest absolute Gasteiger partial charge is 0.0469 e. The predicted molar refractivity (Wildman–Crippen MR) is 80.2 cm³/mol. The van der Waals surface area contributed by atoms with E-state index in [1.165, 1.54) is 44.9 Å². The second-order valence-corrected chi connectivity index (χ2v) is 6.50. The topological polar surface area (TPSA) is 38.5 Å². The average Bonchev–Trinajstić information content (AvgIpc) is 2.49. The fraction of sp³-hybridized carbons (Fsp3) is 1.00. The van der Waals surface area contributed by atoms with E-state index >= 15 is 0 Å². The largest absolute Gasteiger partial charge is 0.381 e. The fourth-order valence-corrected chi connectivity index (χ4v) is 4.02. The van der Waals surface area contributed by atoms with E-state index in [4.69, 9.17) is 10.5 Å². The molecule has 0 radical (unpaired) electrons. The lowest BCUT2D eigenvalue weighted by Gasteiger charge is -2.42. The van der Waals surface area contributed by atoms with Crippen molar-refractivity contribution in [1.29, 1.82) is 0 Å². The summed E-state index contributed by atoms with van der Waals surface area (Å²) in [5, 5.41) is 0. The van der Waals surface area contributed by atoms with E-state index in [0.29, 0.717) is 6.04 Å². The quantitative estimate of drug-likeness (QED) is 0.833. The van der Waals surface area contributed by atoms with Gasteiger partial charge in [-0.1, -0.05) is 13.3 Å². The van der Waals surface area contributed by atoms with Crippen LogP contribution in [0.5, 0.6) is 0 Å². The Morgan fingerprint density at radius 1 is 1.11 bits per heavy atom. The maximum Gasteiger partial charge on any atom is 0.0469 e. The molecule has 2 N–H and O–H groups in total. The Balaban J connectivity index is 1.87. The zero-order valence-corrected chi connectivity index (χ0v) is 12.8. The number of hydrogen-bond donors (Lipinski definition) is 1. The van der Waals surface area contributed by atoms with Crippen LogP contribution in [-0.4, -0.2) is 43.8 Å². The molecule has 2 fully saturated rings. The first-order chi connectivity index (χ1) is 9.26. The van der Waals surface area contributed by atoms with Crippen LogP contribution in [0.1, 0.15) is 51.9 Å². The first-order valence-corrected chi connectivity index (χ1v) is 8.26. The van der Waals surface area contributed by atoms with Gasteiger partial charge in [-0.25, -0.2) is 0 Å². The molecule has 112 valence electrons. The Labute approximate surface area is 118 Å². The molecule has 2 rings (SSSR count). The number of hydrogen-bond acceptors (Lipinski definition) is 3. The van der Waals surface area contributed by atoms with Gasteiger partial charge < -0.3 is 10.5 Å². The van der Waals surface area contributed by atoms with Crippen LogP contribution in [0.4, 0.5) is 0 Å². The Morgan fingerprint density at radius 3 is 2.26 bits per heavy atom. The number of likely N-dealkylation sites (N-methyl/N-ethyl adjacent to an activating group) is 1. The van der Waals surface area contributed by atoms with Gasteiger partial charge in [0, 0.05) is 31.8 Å². The minimum absolute atomic E-state index is 0.562. The normalized spacial score (nSPS) is 31.6. The number of rotatable bonds is 5. The van der Waals surface area contributed by atoms with Gasteiger partial charge in [0.05, 0.1) is 0 Å². The molecule has 3 heteroatoms. The Kier molecular flexibility index (Phi) is 6.11. The van der Waals surface area contributed by atoms with E-state index in [2.05, 4.69) is 18.9 Å². The summed E-state index contributed by atoms with van der Waals surface area (Å²) >= 11 is 0. The van der Waals surface area contributed by atoms with Crippen LogP contribution in [0.15, 0.2) is 0 Å². The molecule has 1 aliphatic carbocycles. The van der Waals surface area contributed by atoms with Crippen LogP contribution in [0.25, 0.3) is 0 Å². The number of ether oxygens (including phenoxy) is 1. The standard InChI is InChI=1S/C16H32N2O/c1-3-13-4-6-15(7-5-13)18(2)16(12-17)14-8-10-19-11-9-14/h13-16H,3-12,17H2,1-2H3. The van der Waals surface area contributed by atoms with Crippen LogP contribution in [0, 0.1) is 11.8 Å². The van der Waals surface area contributed by atoms with Crippen LogP contribution < -0.4 is 5.73 Å². The summed E-state index contributed by atoms with van der Waals surface area (Å²) in [7, 11) is 2.31. The highest BCUT2D eigenvalue weighted by Crippen LogP contribution is 2.32. The van der Waals surface area contributed by atoms with Gasteiger partial charge in [0.1, 0.15) is 0 Å². The van der Waals surface area contributed by atoms with Crippen molar-refractivity contribution in [3.05, 3.63) is 0 Å². The zero-order valence-electron chi connectivity index (χ0n) is 12.8. The Bertz CT molecular complexity index is 245. The number of nitrogens with zero attached hydrogens (tertiary/aromatic N) is 1. The van der Waals surface area contributed by atoms with E-state index in [1.54, 1.807) is 0 Å². The average molecular weight is 268 g/mol. The highest BCUT2D eigenvalue weighted by atomic mass is 16.5. The highest BCUT2D eigenvalue weighted by Gasteiger charge is 2.31. The van der Waals surface area contributed by atoms with Gasteiger partial charge >= 0.3 is 0 Å². The molecule has 0 aromatic heterocycles. The minimum Gasteiger partial charge on any atom is -0.381 e. The zero-order chi connectivity index (χ0) is 13.7. The van der Waals surface area contributed by atoms with Gasteiger partial charge in [-0.3, -0.25) is 4.90 Å². The number of nitrogens with two attached hydrogens (primary N) is 1. The van der Waals surface area contributed by atoms with E-state index in [1.807, 2.05) is 0 Å². The molecule has 1 heterocycles. The van der Waals surface area contributed by atoms with Crippen LogP contribution >= 0.6 is 0 Å². The van der Waals surface area contributed by atoms with Crippen molar-refractivity contribution in [1.82, 2.24) is 4.90 Å². The lowest BCUT2D eigenvalue weighted by molar-refractivity contribution is 0.0161. The third kappa shape index (κ3) is 3.93. The lowest BCUT2D eigenvalue weighted by atomic mass is 9.82. The summed E-state index contributed by atoms with van der Waals surface area (Å²) in [4.78, 5) is 2.61. The molecule has 2 aliphatic rings. The molecular formula is C16H32N2O. The van der Waals surface area contributed by atoms with Gasteiger partial charge in [0.25, 0.3) is 0 Å². The Hall–Kier alpha value is -0.120. The van der Waals surface area contributed by atoms with Crippen molar-refractivity contribution in [2.24, 2.45) is 17.6 Å². The van der Waals surface area contributed by atoms with E-state index < -0.39 is 0 Å². The summed E-state index contributed by atoms with van der Waals surface area (Å²) in [6.07, 6.45) is 9.31. The summed E-state index contributed by atoms with van der Waals surface area (Å²) in [5.74, 6) is 1.72. The molecule has 19 heavy (non-hydrogen) atoms. The molecule has 0 spiro atoms. The molecule has 1 saturated heterocycles. The predicted octanol–water partition coefficient (Wildman–Crippen LogP) is 2.64. The van der Waals surface area contributed by atoms with Gasteiger partial charge in [0.2, 0.25) is 0 Å². The molecule has 0 bridgehead atoms. The van der Waals surface area contributed by atoms with Gasteiger partial charge in [-0.15, -0.1) is 0 Å². The lowest BCUT2D eigenvalue weighted by Crippen LogP contribution is -2.50.